The summed E-state index contributed by atoms with van der Waals surface area (Å²) in [7, 11) is -9.40. The number of fused-ring (bicyclic) bond motifs is 1. The van der Waals surface area contributed by atoms with Crippen LogP contribution in [0.1, 0.15) is 115 Å². The van der Waals surface area contributed by atoms with E-state index in [1.807, 2.05) is 0 Å². The zero-order valence-electron chi connectivity index (χ0n) is 22.0. The maximum Gasteiger partial charge on any atom is 0.295 e. The van der Waals surface area contributed by atoms with Crippen molar-refractivity contribution in [3.8, 4) is 0 Å². The van der Waals surface area contributed by atoms with Gasteiger partial charge in [-0.2, -0.15) is 16.8 Å². The number of aryl methyl sites for hydroxylation is 2. The minimum Gasteiger partial charge on any atom is -0.282 e. The Kier molecular flexibility index (Phi) is 12.9. The molecule has 0 atom stereocenters. The van der Waals surface area contributed by atoms with Crippen LogP contribution < -0.4 is 0 Å². The van der Waals surface area contributed by atoms with E-state index in [-0.39, 0.29) is 5.39 Å². The van der Waals surface area contributed by atoms with Gasteiger partial charge in [0.05, 0.1) is 0 Å². The van der Waals surface area contributed by atoms with Gasteiger partial charge in [0.25, 0.3) is 20.2 Å². The van der Waals surface area contributed by atoms with Gasteiger partial charge in [-0.25, -0.2) is 0 Å². The highest BCUT2D eigenvalue weighted by molar-refractivity contribution is 7.87. The third kappa shape index (κ3) is 10.1. The van der Waals surface area contributed by atoms with E-state index in [2.05, 4.69) is 13.8 Å². The maximum atomic E-state index is 12.2. The molecule has 0 aliphatic carbocycles. The molecule has 2 aromatic rings. The molecule has 0 bridgehead atoms. The summed E-state index contributed by atoms with van der Waals surface area (Å²) in [5, 5.41) is 0.266. The summed E-state index contributed by atoms with van der Waals surface area (Å²) in [4.78, 5) is -0.930. The summed E-state index contributed by atoms with van der Waals surface area (Å²) < 4.78 is 68.8. The van der Waals surface area contributed by atoms with Crippen LogP contribution in [0.2, 0.25) is 0 Å². The molecule has 0 fully saturated rings. The average Bonchev–Trinajstić information content (AvgIpc) is 2.80. The SMILES string of the molecule is CCCCCCCCCc1cc(S(=O)(=O)O)c2c(S(=O)(=O)O)cc(CCCCCCCCC)cc2c1. The van der Waals surface area contributed by atoms with Crippen molar-refractivity contribution in [1.29, 1.82) is 0 Å². The van der Waals surface area contributed by atoms with Gasteiger partial charge in [-0.05, 0) is 54.3 Å². The number of hydrogen-bond acceptors (Lipinski definition) is 4. The van der Waals surface area contributed by atoms with Crippen LogP contribution in [0.4, 0.5) is 0 Å². The Hall–Kier alpha value is -1.48. The Balaban J connectivity index is 2.29. The van der Waals surface area contributed by atoms with Gasteiger partial charge < -0.3 is 0 Å². The van der Waals surface area contributed by atoms with Crippen LogP contribution in [0.25, 0.3) is 10.8 Å². The standard InChI is InChI=1S/C28H44O6S2/c1-3-5-7-9-11-13-15-17-23-19-25-20-24(18-16-14-12-10-8-6-4-2)22-27(36(32,33)34)28(25)26(21-23)35(29,30)31/h19-22H,3-18H2,1-2H3,(H,29,30,31)(H,32,33,34). The molecule has 0 aliphatic heterocycles. The van der Waals surface area contributed by atoms with Crippen LogP contribution in [0.5, 0.6) is 0 Å². The molecule has 2 aromatic carbocycles. The Morgan fingerprint density at radius 1 is 0.528 bits per heavy atom. The Morgan fingerprint density at radius 3 is 1.19 bits per heavy atom. The summed E-state index contributed by atoms with van der Waals surface area (Å²) in [6.45, 7) is 4.36. The van der Waals surface area contributed by atoms with E-state index in [0.717, 1.165) is 49.7 Å². The highest BCUT2D eigenvalue weighted by Crippen LogP contribution is 2.33. The summed E-state index contributed by atoms with van der Waals surface area (Å²) >= 11 is 0. The van der Waals surface area contributed by atoms with Crippen LogP contribution >= 0.6 is 0 Å². The van der Waals surface area contributed by atoms with E-state index in [4.69, 9.17) is 0 Å². The molecule has 204 valence electrons. The first-order valence-corrected chi connectivity index (χ1v) is 16.5. The largest absolute Gasteiger partial charge is 0.295 e. The fraction of sp³-hybridized carbons (Fsp3) is 0.643. The van der Waals surface area contributed by atoms with Crippen molar-refractivity contribution in [1.82, 2.24) is 0 Å². The lowest BCUT2D eigenvalue weighted by molar-refractivity contribution is 0.483. The zero-order chi connectivity index (χ0) is 26.6. The van der Waals surface area contributed by atoms with E-state index >= 15 is 0 Å². The maximum absolute atomic E-state index is 12.2. The van der Waals surface area contributed by atoms with Crippen LogP contribution in [0, 0.1) is 0 Å². The van der Waals surface area contributed by atoms with E-state index in [1.54, 1.807) is 12.1 Å². The van der Waals surface area contributed by atoms with Crippen molar-refractivity contribution in [2.24, 2.45) is 0 Å². The second kappa shape index (κ2) is 15.1. The second-order valence-electron chi connectivity index (χ2n) is 9.98. The molecule has 0 spiro atoms. The Morgan fingerprint density at radius 2 is 0.861 bits per heavy atom. The molecule has 2 rings (SSSR count). The molecule has 0 saturated heterocycles. The molecule has 0 aromatic heterocycles. The normalized spacial score (nSPS) is 12.4. The van der Waals surface area contributed by atoms with Crippen LogP contribution in [0.15, 0.2) is 34.1 Å². The van der Waals surface area contributed by atoms with E-state index in [1.165, 1.54) is 63.5 Å². The smallest absolute Gasteiger partial charge is 0.282 e. The first kappa shape index (κ1) is 30.7. The lowest BCUT2D eigenvalue weighted by Crippen LogP contribution is -2.07. The highest BCUT2D eigenvalue weighted by atomic mass is 32.2. The molecule has 0 unspecified atom stereocenters. The highest BCUT2D eigenvalue weighted by Gasteiger charge is 2.24. The van der Waals surface area contributed by atoms with Crippen LogP contribution in [0.3, 0.4) is 0 Å². The minimum absolute atomic E-state index is 0.147. The quantitative estimate of drug-likeness (QED) is 0.147. The van der Waals surface area contributed by atoms with Gasteiger partial charge >= 0.3 is 0 Å². The molecule has 0 radical (unpaired) electrons. The topological polar surface area (TPSA) is 109 Å². The molecule has 0 aliphatic rings. The summed E-state index contributed by atoms with van der Waals surface area (Å²) in [6.07, 6.45) is 17.0. The van der Waals surface area contributed by atoms with Crippen molar-refractivity contribution in [2.45, 2.75) is 126 Å². The van der Waals surface area contributed by atoms with Gasteiger partial charge in [0.2, 0.25) is 0 Å². The summed E-state index contributed by atoms with van der Waals surface area (Å²) in [6, 6.07) is 6.28. The van der Waals surface area contributed by atoms with E-state index in [0.29, 0.717) is 18.2 Å². The third-order valence-corrected chi connectivity index (χ3v) is 8.55. The Bertz CT molecular complexity index is 1080. The predicted octanol–water partition coefficient (Wildman–Crippen LogP) is 7.92. The van der Waals surface area contributed by atoms with Gasteiger partial charge in [-0.15, -0.1) is 0 Å². The molecular formula is C28H44O6S2. The number of benzene rings is 2. The summed E-state index contributed by atoms with van der Waals surface area (Å²) in [5.41, 5.74) is 1.47. The Labute approximate surface area is 218 Å². The van der Waals surface area contributed by atoms with E-state index in [9.17, 15) is 25.9 Å². The average molecular weight is 541 g/mol. The molecular weight excluding hydrogens is 496 g/mol. The van der Waals surface area contributed by atoms with Gasteiger partial charge in [-0.3, -0.25) is 9.11 Å². The van der Waals surface area contributed by atoms with Crippen molar-refractivity contribution in [3.05, 3.63) is 35.4 Å². The zero-order valence-corrected chi connectivity index (χ0v) is 23.6. The first-order chi connectivity index (χ1) is 17.1. The fourth-order valence-electron chi connectivity index (χ4n) is 4.82. The molecule has 6 nitrogen and oxygen atoms in total. The lowest BCUT2D eigenvalue weighted by Gasteiger charge is -2.14. The first-order valence-electron chi connectivity index (χ1n) is 13.6. The predicted molar refractivity (Wildman–Crippen MR) is 147 cm³/mol. The fourth-order valence-corrected chi connectivity index (χ4v) is 6.46. The van der Waals surface area contributed by atoms with Crippen molar-refractivity contribution in [3.63, 3.8) is 0 Å². The third-order valence-electron chi connectivity index (χ3n) is 6.79. The van der Waals surface area contributed by atoms with Crippen molar-refractivity contribution >= 4 is 31.0 Å². The van der Waals surface area contributed by atoms with Crippen molar-refractivity contribution < 1.29 is 25.9 Å². The van der Waals surface area contributed by atoms with Crippen LogP contribution in [-0.4, -0.2) is 25.9 Å². The minimum atomic E-state index is -4.70. The second-order valence-corrected chi connectivity index (χ2v) is 12.8. The van der Waals surface area contributed by atoms with Gasteiger partial charge in [0.1, 0.15) is 9.79 Å². The molecule has 0 heterocycles. The van der Waals surface area contributed by atoms with Gasteiger partial charge in [0, 0.05) is 5.39 Å². The molecule has 0 saturated carbocycles. The van der Waals surface area contributed by atoms with E-state index < -0.39 is 30.0 Å². The molecule has 36 heavy (non-hydrogen) atoms. The molecule has 8 heteroatoms. The van der Waals surface area contributed by atoms with Crippen LogP contribution in [-0.2, 0) is 33.1 Å². The number of hydrogen-bond donors (Lipinski definition) is 2. The summed E-state index contributed by atoms with van der Waals surface area (Å²) in [5.74, 6) is 0. The molecule has 2 N–H and O–H groups in total. The van der Waals surface area contributed by atoms with Gasteiger partial charge in [0.15, 0.2) is 0 Å². The number of rotatable bonds is 18. The lowest BCUT2D eigenvalue weighted by atomic mass is 9.98. The molecule has 0 amide bonds. The van der Waals surface area contributed by atoms with Crippen molar-refractivity contribution in [2.75, 3.05) is 0 Å². The monoisotopic (exact) mass is 540 g/mol. The number of unbranched alkanes of at least 4 members (excludes halogenated alkanes) is 12. The van der Waals surface area contributed by atoms with Gasteiger partial charge in [-0.1, -0.05) is 103 Å².